The van der Waals surface area contributed by atoms with Crippen LogP contribution in [0.15, 0.2) is 15.9 Å². The SMILES string of the molecule is CC1(C)C(NCc2ccc(Br)s2)C2CCCOC21. The standard InChI is InChI=1S/C14H20BrNOS/c1-14(2)12(10-4-3-7-17-13(10)14)16-8-9-5-6-11(15)18-9/h5-6,10,12-13,16H,3-4,7-8H2,1-2H3. The van der Waals surface area contributed by atoms with Crippen molar-refractivity contribution in [3.05, 3.63) is 20.8 Å². The Labute approximate surface area is 121 Å². The van der Waals surface area contributed by atoms with E-state index in [4.69, 9.17) is 4.74 Å². The van der Waals surface area contributed by atoms with E-state index in [2.05, 4.69) is 47.2 Å². The maximum atomic E-state index is 5.93. The average Bonchev–Trinajstić information content (AvgIpc) is 2.75. The number of hydrogen-bond donors (Lipinski definition) is 1. The normalized spacial score (nSPS) is 33.8. The minimum Gasteiger partial charge on any atom is -0.377 e. The molecule has 3 rings (SSSR count). The molecule has 3 atom stereocenters. The number of nitrogens with one attached hydrogen (secondary N) is 1. The zero-order chi connectivity index (χ0) is 12.8. The van der Waals surface area contributed by atoms with E-state index in [1.807, 2.05) is 11.3 Å². The first-order valence-corrected chi connectivity index (χ1v) is 8.29. The lowest BCUT2D eigenvalue weighted by atomic mass is 9.55. The number of rotatable bonds is 3. The molecule has 18 heavy (non-hydrogen) atoms. The first-order chi connectivity index (χ1) is 8.59. The predicted octanol–water partition coefficient (Wildman–Crippen LogP) is 3.80. The summed E-state index contributed by atoms with van der Waals surface area (Å²) in [5, 5.41) is 3.75. The van der Waals surface area contributed by atoms with Gasteiger partial charge in [-0.25, -0.2) is 0 Å². The van der Waals surface area contributed by atoms with Crippen LogP contribution in [0.5, 0.6) is 0 Å². The Balaban J connectivity index is 1.62. The Hall–Kier alpha value is 0.1000. The highest BCUT2D eigenvalue weighted by atomic mass is 79.9. The summed E-state index contributed by atoms with van der Waals surface area (Å²) in [6, 6.07) is 4.92. The maximum absolute atomic E-state index is 5.93. The second-order valence-electron chi connectivity index (χ2n) is 5.98. The van der Waals surface area contributed by atoms with Crippen molar-refractivity contribution in [1.29, 1.82) is 0 Å². The van der Waals surface area contributed by atoms with Gasteiger partial charge in [-0.15, -0.1) is 11.3 Å². The molecule has 3 unspecified atom stereocenters. The molecule has 2 aliphatic rings. The summed E-state index contributed by atoms with van der Waals surface area (Å²) < 4.78 is 7.15. The van der Waals surface area contributed by atoms with Crippen molar-refractivity contribution in [2.24, 2.45) is 11.3 Å². The minimum absolute atomic E-state index is 0.277. The van der Waals surface area contributed by atoms with Gasteiger partial charge in [0.05, 0.1) is 9.89 Å². The quantitative estimate of drug-likeness (QED) is 0.910. The van der Waals surface area contributed by atoms with E-state index in [-0.39, 0.29) is 5.41 Å². The van der Waals surface area contributed by atoms with Gasteiger partial charge in [0, 0.05) is 35.4 Å². The summed E-state index contributed by atoms with van der Waals surface area (Å²) in [6.45, 7) is 6.60. The monoisotopic (exact) mass is 329 g/mol. The van der Waals surface area contributed by atoms with Crippen LogP contribution in [0.1, 0.15) is 31.6 Å². The van der Waals surface area contributed by atoms with Crippen molar-refractivity contribution in [3.8, 4) is 0 Å². The minimum atomic E-state index is 0.277. The Morgan fingerprint density at radius 1 is 1.50 bits per heavy atom. The fourth-order valence-corrected chi connectivity index (χ4v) is 5.03. The van der Waals surface area contributed by atoms with E-state index in [9.17, 15) is 0 Å². The molecule has 100 valence electrons. The maximum Gasteiger partial charge on any atom is 0.0701 e. The van der Waals surface area contributed by atoms with Crippen LogP contribution in [-0.4, -0.2) is 18.8 Å². The zero-order valence-electron chi connectivity index (χ0n) is 10.9. The number of ether oxygens (including phenoxy) is 1. The van der Waals surface area contributed by atoms with Crippen molar-refractivity contribution in [1.82, 2.24) is 5.32 Å². The largest absolute Gasteiger partial charge is 0.377 e. The van der Waals surface area contributed by atoms with E-state index in [1.54, 1.807) is 0 Å². The molecule has 2 nitrogen and oxygen atoms in total. The van der Waals surface area contributed by atoms with Gasteiger partial charge in [-0.05, 0) is 40.9 Å². The highest BCUT2D eigenvalue weighted by Crippen LogP contribution is 2.51. The molecule has 0 spiro atoms. The van der Waals surface area contributed by atoms with Gasteiger partial charge in [0.15, 0.2) is 0 Å². The molecule has 1 N–H and O–H groups in total. The third-order valence-electron chi connectivity index (χ3n) is 4.46. The zero-order valence-corrected chi connectivity index (χ0v) is 13.3. The highest BCUT2D eigenvalue weighted by Gasteiger charge is 2.57. The summed E-state index contributed by atoms with van der Waals surface area (Å²) in [5.41, 5.74) is 0.277. The molecule has 0 bridgehead atoms. The smallest absolute Gasteiger partial charge is 0.0701 e. The van der Waals surface area contributed by atoms with Gasteiger partial charge in [0.2, 0.25) is 0 Å². The van der Waals surface area contributed by atoms with Crippen molar-refractivity contribution >= 4 is 27.3 Å². The third-order valence-corrected chi connectivity index (χ3v) is 6.08. The van der Waals surface area contributed by atoms with Crippen molar-refractivity contribution < 1.29 is 4.74 Å². The van der Waals surface area contributed by atoms with Crippen LogP contribution in [0.2, 0.25) is 0 Å². The van der Waals surface area contributed by atoms with Gasteiger partial charge in [0.25, 0.3) is 0 Å². The van der Waals surface area contributed by atoms with Crippen molar-refractivity contribution in [2.75, 3.05) is 6.61 Å². The fourth-order valence-electron chi connectivity index (χ4n) is 3.59. The molecular formula is C14H20BrNOS. The Morgan fingerprint density at radius 2 is 2.33 bits per heavy atom. The molecule has 0 radical (unpaired) electrons. The summed E-state index contributed by atoms with van der Waals surface area (Å²) >= 11 is 5.34. The summed E-state index contributed by atoms with van der Waals surface area (Å²) in [5.74, 6) is 0.720. The number of hydrogen-bond acceptors (Lipinski definition) is 3. The van der Waals surface area contributed by atoms with Crippen molar-refractivity contribution in [3.63, 3.8) is 0 Å². The first-order valence-electron chi connectivity index (χ1n) is 6.68. The van der Waals surface area contributed by atoms with Gasteiger partial charge in [-0.3, -0.25) is 0 Å². The molecule has 1 saturated carbocycles. The third kappa shape index (κ3) is 2.17. The van der Waals surface area contributed by atoms with Crippen LogP contribution >= 0.6 is 27.3 Å². The molecule has 1 aliphatic heterocycles. The van der Waals surface area contributed by atoms with Gasteiger partial charge >= 0.3 is 0 Å². The van der Waals surface area contributed by atoms with E-state index < -0.39 is 0 Å². The van der Waals surface area contributed by atoms with Crippen LogP contribution in [0.25, 0.3) is 0 Å². The van der Waals surface area contributed by atoms with Crippen LogP contribution in [0, 0.1) is 11.3 Å². The summed E-state index contributed by atoms with van der Waals surface area (Å²) in [7, 11) is 0. The van der Waals surface area contributed by atoms with Crippen LogP contribution in [0.3, 0.4) is 0 Å². The molecule has 2 heterocycles. The average molecular weight is 330 g/mol. The van der Waals surface area contributed by atoms with Gasteiger partial charge in [0.1, 0.15) is 0 Å². The second-order valence-corrected chi connectivity index (χ2v) is 8.53. The Morgan fingerprint density at radius 3 is 3.06 bits per heavy atom. The second kappa shape index (κ2) is 4.89. The lowest BCUT2D eigenvalue weighted by Gasteiger charge is -2.60. The molecule has 1 aromatic heterocycles. The van der Waals surface area contributed by atoms with E-state index in [0.717, 1.165) is 19.1 Å². The number of thiophene rings is 1. The van der Waals surface area contributed by atoms with E-state index in [1.165, 1.54) is 21.5 Å². The van der Waals surface area contributed by atoms with Crippen LogP contribution < -0.4 is 5.32 Å². The van der Waals surface area contributed by atoms with E-state index >= 15 is 0 Å². The molecular weight excluding hydrogens is 310 g/mol. The fraction of sp³-hybridized carbons (Fsp3) is 0.714. The lowest BCUT2D eigenvalue weighted by Crippen LogP contribution is -2.69. The highest BCUT2D eigenvalue weighted by molar-refractivity contribution is 9.11. The predicted molar refractivity (Wildman–Crippen MR) is 78.9 cm³/mol. The molecule has 1 saturated heterocycles. The van der Waals surface area contributed by atoms with Crippen LogP contribution in [0.4, 0.5) is 0 Å². The number of halogens is 1. The van der Waals surface area contributed by atoms with Crippen LogP contribution in [-0.2, 0) is 11.3 Å². The first kappa shape index (κ1) is 13.1. The Kier molecular flexibility index (Phi) is 3.56. The molecule has 0 amide bonds. The molecule has 2 fully saturated rings. The molecule has 1 aliphatic carbocycles. The van der Waals surface area contributed by atoms with E-state index in [0.29, 0.717) is 12.1 Å². The Bertz CT molecular complexity index is 431. The topological polar surface area (TPSA) is 21.3 Å². The molecule has 1 aromatic rings. The molecule has 0 aromatic carbocycles. The summed E-state index contributed by atoms with van der Waals surface area (Å²) in [4.78, 5) is 1.40. The van der Waals surface area contributed by atoms with Gasteiger partial charge in [-0.1, -0.05) is 13.8 Å². The van der Waals surface area contributed by atoms with Gasteiger partial charge < -0.3 is 10.1 Å². The number of fused-ring (bicyclic) bond motifs is 1. The summed E-state index contributed by atoms with van der Waals surface area (Å²) in [6.07, 6.45) is 3.01. The van der Waals surface area contributed by atoms with Crippen molar-refractivity contribution in [2.45, 2.75) is 45.4 Å². The molecule has 4 heteroatoms. The lowest BCUT2D eigenvalue weighted by molar-refractivity contribution is -0.192. The van der Waals surface area contributed by atoms with Gasteiger partial charge in [-0.2, -0.15) is 0 Å².